The summed E-state index contributed by atoms with van der Waals surface area (Å²) < 4.78 is 51.6. The number of alkyl halides is 3. The van der Waals surface area contributed by atoms with Crippen molar-refractivity contribution >= 4 is 40.8 Å². The van der Waals surface area contributed by atoms with E-state index in [0.29, 0.717) is 26.8 Å². The van der Waals surface area contributed by atoms with Gasteiger partial charge in [-0.1, -0.05) is 11.6 Å². The predicted octanol–water partition coefficient (Wildman–Crippen LogP) is 4.62. The van der Waals surface area contributed by atoms with Gasteiger partial charge in [0, 0.05) is 9.92 Å². The standard InChI is InChI=1S/C16H15ClF4N4OS/c1-9-6-12(18)13(7-14(9)27-8-16(19,20)21)25(23)15(26)24(22)11-4-2-10(17)3-5-11/h2-7H,8,22-23H2,1H3. The number of hydrazine groups is 2. The first-order valence-corrected chi connectivity index (χ1v) is 8.75. The van der Waals surface area contributed by atoms with Gasteiger partial charge >= 0.3 is 12.2 Å². The van der Waals surface area contributed by atoms with Crippen molar-refractivity contribution in [3.05, 3.63) is 52.8 Å². The summed E-state index contributed by atoms with van der Waals surface area (Å²) in [4.78, 5) is 12.6. The summed E-state index contributed by atoms with van der Waals surface area (Å²) in [6.07, 6.45) is -4.40. The van der Waals surface area contributed by atoms with Crippen LogP contribution in [0.15, 0.2) is 41.3 Å². The average molecular weight is 423 g/mol. The predicted molar refractivity (Wildman–Crippen MR) is 98.1 cm³/mol. The van der Waals surface area contributed by atoms with E-state index in [4.69, 9.17) is 23.3 Å². The van der Waals surface area contributed by atoms with Crippen molar-refractivity contribution in [2.24, 2.45) is 11.7 Å². The number of hydrogen-bond donors (Lipinski definition) is 2. The van der Waals surface area contributed by atoms with Gasteiger partial charge in [0.25, 0.3) is 0 Å². The van der Waals surface area contributed by atoms with Gasteiger partial charge in [0.05, 0.1) is 17.1 Å². The molecule has 0 saturated carbocycles. The number of amides is 2. The van der Waals surface area contributed by atoms with Gasteiger partial charge in [0.1, 0.15) is 5.82 Å². The monoisotopic (exact) mass is 422 g/mol. The second kappa shape index (κ2) is 8.34. The van der Waals surface area contributed by atoms with Gasteiger partial charge in [-0.2, -0.15) is 13.2 Å². The molecule has 0 aliphatic heterocycles. The lowest BCUT2D eigenvalue weighted by atomic mass is 10.2. The van der Waals surface area contributed by atoms with Gasteiger partial charge in [0.15, 0.2) is 0 Å². The molecule has 0 radical (unpaired) electrons. The lowest BCUT2D eigenvalue weighted by Gasteiger charge is -2.25. The van der Waals surface area contributed by atoms with Crippen LogP contribution in [0.3, 0.4) is 0 Å². The number of nitrogens with two attached hydrogens (primary N) is 2. The molecule has 5 nitrogen and oxygen atoms in total. The summed E-state index contributed by atoms with van der Waals surface area (Å²) in [6, 6.07) is 6.96. The molecule has 0 spiro atoms. The fourth-order valence-electron chi connectivity index (χ4n) is 2.07. The van der Waals surface area contributed by atoms with E-state index in [9.17, 15) is 22.4 Å². The maximum absolute atomic E-state index is 14.3. The summed E-state index contributed by atoms with van der Waals surface area (Å²) in [5.41, 5.74) is 0.118. The van der Waals surface area contributed by atoms with Crippen LogP contribution in [0.5, 0.6) is 0 Å². The highest BCUT2D eigenvalue weighted by atomic mass is 35.5. The number of halogens is 5. The maximum atomic E-state index is 14.3. The number of nitrogens with zero attached hydrogens (tertiary/aromatic N) is 2. The highest BCUT2D eigenvalue weighted by molar-refractivity contribution is 7.99. The topological polar surface area (TPSA) is 75.6 Å². The Morgan fingerprint density at radius 2 is 1.74 bits per heavy atom. The van der Waals surface area contributed by atoms with Gasteiger partial charge in [-0.15, -0.1) is 11.8 Å². The van der Waals surface area contributed by atoms with E-state index in [-0.39, 0.29) is 16.1 Å². The third-order valence-electron chi connectivity index (χ3n) is 3.41. The highest BCUT2D eigenvalue weighted by Gasteiger charge is 2.28. The molecule has 0 heterocycles. The van der Waals surface area contributed by atoms with Crippen LogP contribution in [0.2, 0.25) is 5.02 Å². The van der Waals surface area contributed by atoms with E-state index < -0.39 is 29.5 Å². The quantitative estimate of drug-likeness (QED) is 0.248. The Labute approximate surface area is 161 Å². The van der Waals surface area contributed by atoms with E-state index in [1.807, 2.05) is 0 Å². The first-order chi connectivity index (χ1) is 12.5. The third-order valence-corrected chi connectivity index (χ3v) is 4.89. The van der Waals surface area contributed by atoms with Crippen LogP contribution in [0.4, 0.5) is 33.7 Å². The number of carbonyl (C=O) groups is 1. The van der Waals surface area contributed by atoms with Gasteiger partial charge in [-0.05, 0) is 48.9 Å². The Bertz CT molecular complexity index is 832. The van der Waals surface area contributed by atoms with E-state index in [1.165, 1.54) is 31.2 Å². The Morgan fingerprint density at radius 1 is 1.15 bits per heavy atom. The summed E-state index contributed by atoms with van der Waals surface area (Å²) >= 11 is 6.23. The first-order valence-electron chi connectivity index (χ1n) is 7.38. The van der Waals surface area contributed by atoms with Crippen molar-refractivity contribution in [3.8, 4) is 0 Å². The second-order valence-electron chi connectivity index (χ2n) is 5.47. The summed E-state index contributed by atoms with van der Waals surface area (Å²) in [7, 11) is 0. The zero-order valence-electron chi connectivity index (χ0n) is 13.9. The molecule has 0 atom stereocenters. The number of hydrogen-bond acceptors (Lipinski definition) is 4. The number of thioether (sulfide) groups is 1. The second-order valence-corrected chi connectivity index (χ2v) is 6.93. The van der Waals surface area contributed by atoms with Crippen molar-refractivity contribution in [1.29, 1.82) is 0 Å². The van der Waals surface area contributed by atoms with Crippen LogP contribution in [0.25, 0.3) is 0 Å². The van der Waals surface area contributed by atoms with Gasteiger partial charge in [-0.25, -0.2) is 30.9 Å². The number of rotatable bonds is 4. The fourth-order valence-corrected chi connectivity index (χ4v) is 3.00. The number of benzene rings is 2. The molecule has 2 aromatic rings. The molecule has 11 heteroatoms. The largest absolute Gasteiger partial charge is 0.398 e. The average Bonchev–Trinajstić information content (AvgIpc) is 2.59. The Hall–Kier alpha value is -2.01. The van der Waals surface area contributed by atoms with Crippen LogP contribution < -0.4 is 21.7 Å². The van der Waals surface area contributed by atoms with Crippen molar-refractivity contribution in [3.63, 3.8) is 0 Å². The molecular weight excluding hydrogens is 408 g/mol. The Balaban J connectivity index is 2.27. The Morgan fingerprint density at radius 3 is 2.30 bits per heavy atom. The van der Waals surface area contributed by atoms with Crippen LogP contribution >= 0.6 is 23.4 Å². The maximum Gasteiger partial charge on any atom is 0.398 e. The molecule has 0 fully saturated rings. The molecule has 2 aromatic carbocycles. The molecule has 0 aliphatic rings. The van der Waals surface area contributed by atoms with E-state index in [1.54, 1.807) is 0 Å². The van der Waals surface area contributed by atoms with Crippen LogP contribution in [0.1, 0.15) is 5.56 Å². The SMILES string of the molecule is Cc1cc(F)c(N(N)C(=O)N(N)c2ccc(Cl)cc2)cc1SCC(F)(F)F. The minimum absolute atomic E-state index is 0.141. The number of anilines is 2. The van der Waals surface area contributed by atoms with Crippen molar-refractivity contribution in [2.75, 3.05) is 15.8 Å². The summed E-state index contributed by atoms with van der Waals surface area (Å²) in [5.74, 6) is 9.34. The molecule has 4 N–H and O–H groups in total. The third kappa shape index (κ3) is 5.48. The molecule has 0 aromatic heterocycles. The lowest BCUT2D eigenvalue weighted by molar-refractivity contribution is -0.105. The number of urea groups is 1. The van der Waals surface area contributed by atoms with Crippen LogP contribution in [-0.2, 0) is 0 Å². The van der Waals surface area contributed by atoms with Gasteiger partial charge in [-0.3, -0.25) is 0 Å². The summed E-state index contributed by atoms with van der Waals surface area (Å²) in [5, 5.41) is 1.51. The van der Waals surface area contributed by atoms with Crippen molar-refractivity contribution < 1.29 is 22.4 Å². The van der Waals surface area contributed by atoms with Crippen LogP contribution in [0, 0.1) is 12.7 Å². The van der Waals surface area contributed by atoms with E-state index >= 15 is 0 Å². The number of carbonyl (C=O) groups excluding carboxylic acids is 1. The minimum Gasteiger partial charge on any atom is -0.245 e. The lowest BCUT2D eigenvalue weighted by Crippen LogP contribution is -2.51. The molecule has 146 valence electrons. The Kier molecular flexibility index (Phi) is 6.58. The normalized spacial score (nSPS) is 11.4. The van der Waals surface area contributed by atoms with Gasteiger partial charge in [0.2, 0.25) is 0 Å². The van der Waals surface area contributed by atoms with Gasteiger partial charge < -0.3 is 0 Å². The molecule has 0 saturated heterocycles. The number of aryl methyl sites for hydroxylation is 1. The molecular formula is C16H15ClF4N4OS. The zero-order valence-corrected chi connectivity index (χ0v) is 15.5. The van der Waals surface area contributed by atoms with Crippen molar-refractivity contribution in [1.82, 2.24) is 0 Å². The molecule has 2 rings (SSSR count). The smallest absolute Gasteiger partial charge is 0.245 e. The minimum atomic E-state index is -4.40. The highest BCUT2D eigenvalue weighted by Crippen LogP contribution is 2.33. The van der Waals surface area contributed by atoms with E-state index in [0.717, 1.165) is 12.1 Å². The molecule has 0 aliphatic carbocycles. The molecule has 27 heavy (non-hydrogen) atoms. The van der Waals surface area contributed by atoms with Crippen LogP contribution in [-0.4, -0.2) is 18.0 Å². The van der Waals surface area contributed by atoms with E-state index in [2.05, 4.69) is 0 Å². The molecule has 0 bridgehead atoms. The fraction of sp³-hybridized carbons (Fsp3) is 0.188. The zero-order chi connectivity index (χ0) is 20.4. The first kappa shape index (κ1) is 21.3. The molecule has 0 unspecified atom stereocenters. The van der Waals surface area contributed by atoms with Crippen molar-refractivity contribution in [2.45, 2.75) is 18.0 Å². The molecule has 2 amide bonds. The summed E-state index contributed by atoms with van der Waals surface area (Å²) in [6.45, 7) is 1.46.